The van der Waals surface area contributed by atoms with Crippen LogP contribution in [0.1, 0.15) is 40.0 Å². The summed E-state index contributed by atoms with van der Waals surface area (Å²) >= 11 is 0. The summed E-state index contributed by atoms with van der Waals surface area (Å²) in [6.45, 7) is 9.35. The molecule has 1 rings (SSSR count). The van der Waals surface area contributed by atoms with Crippen LogP contribution in [0.4, 0.5) is 0 Å². The third kappa shape index (κ3) is 6.63. The van der Waals surface area contributed by atoms with Crippen LogP contribution >= 0.6 is 12.4 Å². The van der Waals surface area contributed by atoms with E-state index in [1.54, 1.807) is 0 Å². The molecule has 1 heterocycles. The van der Waals surface area contributed by atoms with Crippen LogP contribution in [0.5, 0.6) is 0 Å². The van der Waals surface area contributed by atoms with Gasteiger partial charge in [0, 0.05) is 6.54 Å². The first-order valence-corrected chi connectivity index (χ1v) is 7.01. The van der Waals surface area contributed by atoms with Crippen LogP contribution in [0, 0.1) is 18.3 Å². The fourth-order valence-corrected chi connectivity index (χ4v) is 2.12. The van der Waals surface area contributed by atoms with Gasteiger partial charge in [0.1, 0.15) is 5.60 Å². The van der Waals surface area contributed by atoms with Gasteiger partial charge in [-0.2, -0.15) is 0 Å². The molecule has 1 fully saturated rings. The highest BCUT2D eigenvalue weighted by molar-refractivity contribution is 5.85. The average Bonchev–Trinajstić information content (AvgIpc) is 2.39. The Morgan fingerprint density at radius 3 is 2.53 bits per heavy atom. The molecule has 2 atom stereocenters. The number of nitrogens with zero attached hydrogens (tertiary/aromatic N) is 1. The second kappa shape index (κ2) is 8.81. The number of halogens is 1. The molecule has 0 amide bonds. The van der Waals surface area contributed by atoms with Crippen LogP contribution in [-0.4, -0.2) is 48.0 Å². The van der Waals surface area contributed by atoms with E-state index >= 15 is 0 Å². The number of aliphatic hydroxyl groups is 1. The molecule has 19 heavy (non-hydrogen) atoms. The summed E-state index contributed by atoms with van der Waals surface area (Å²) in [5.41, 5.74) is -0.544. The number of hydrogen-bond acceptors (Lipinski definition) is 3. The number of terminal acetylenes is 1. The molecule has 0 bridgehead atoms. The van der Waals surface area contributed by atoms with Crippen LogP contribution in [0.3, 0.4) is 0 Å². The molecule has 0 spiro atoms. The number of piperidine rings is 1. The predicted molar refractivity (Wildman–Crippen MR) is 81.6 cm³/mol. The van der Waals surface area contributed by atoms with Gasteiger partial charge in [0.05, 0.1) is 12.7 Å². The molecule has 0 aromatic heterocycles. The summed E-state index contributed by atoms with van der Waals surface area (Å²) in [5.74, 6) is 3.46. The first kappa shape index (κ1) is 18.7. The van der Waals surface area contributed by atoms with Gasteiger partial charge in [-0.15, -0.1) is 18.8 Å². The van der Waals surface area contributed by atoms with Gasteiger partial charge in [-0.3, -0.25) is 0 Å². The molecule has 4 heteroatoms. The Hall–Kier alpha value is -0.270. The maximum absolute atomic E-state index is 9.99. The van der Waals surface area contributed by atoms with Gasteiger partial charge in [-0.25, -0.2) is 0 Å². The number of hydrogen-bond donors (Lipinski definition) is 1. The first-order valence-electron chi connectivity index (χ1n) is 7.01. The van der Waals surface area contributed by atoms with Gasteiger partial charge >= 0.3 is 0 Å². The van der Waals surface area contributed by atoms with Crippen molar-refractivity contribution in [3.05, 3.63) is 0 Å². The zero-order chi connectivity index (χ0) is 13.6. The predicted octanol–water partition coefficient (Wildman–Crippen LogP) is 2.32. The second-order valence-electron chi connectivity index (χ2n) is 5.68. The molecule has 0 saturated carbocycles. The average molecular weight is 290 g/mol. The van der Waals surface area contributed by atoms with Crippen LogP contribution in [-0.2, 0) is 4.74 Å². The largest absolute Gasteiger partial charge is 0.389 e. The van der Waals surface area contributed by atoms with E-state index in [1.165, 1.54) is 12.8 Å². The maximum Gasteiger partial charge on any atom is 0.125 e. The summed E-state index contributed by atoms with van der Waals surface area (Å²) in [5, 5.41) is 9.99. The smallest absolute Gasteiger partial charge is 0.125 e. The first-order chi connectivity index (χ1) is 8.49. The molecule has 1 saturated heterocycles. The van der Waals surface area contributed by atoms with Gasteiger partial charge in [0.2, 0.25) is 0 Å². The molecule has 112 valence electrons. The van der Waals surface area contributed by atoms with Crippen molar-refractivity contribution in [3.63, 3.8) is 0 Å². The molecule has 0 aromatic rings. The fourth-order valence-electron chi connectivity index (χ4n) is 2.12. The molecule has 0 radical (unpaired) electrons. The second-order valence-corrected chi connectivity index (χ2v) is 5.68. The minimum atomic E-state index is -0.544. The van der Waals surface area contributed by atoms with Crippen molar-refractivity contribution in [2.75, 3.05) is 26.2 Å². The summed E-state index contributed by atoms with van der Waals surface area (Å²) in [7, 11) is 0. The van der Waals surface area contributed by atoms with Gasteiger partial charge in [-0.05, 0) is 45.2 Å². The SMILES string of the molecule is C#C[C@@](C)(CC)OCC(O)CN1CCC(C)CC1.Cl. The number of likely N-dealkylation sites (tertiary alicyclic amines) is 1. The van der Waals surface area contributed by atoms with Crippen LogP contribution < -0.4 is 0 Å². The lowest BCUT2D eigenvalue weighted by molar-refractivity contribution is -0.0489. The topological polar surface area (TPSA) is 32.7 Å². The number of ether oxygens (including phenoxy) is 1. The highest BCUT2D eigenvalue weighted by atomic mass is 35.5. The van der Waals surface area contributed by atoms with Crippen molar-refractivity contribution in [3.8, 4) is 12.3 Å². The van der Waals surface area contributed by atoms with Crippen LogP contribution in [0.15, 0.2) is 0 Å². The lowest BCUT2D eigenvalue weighted by Gasteiger charge is -2.32. The zero-order valence-corrected chi connectivity index (χ0v) is 13.2. The quantitative estimate of drug-likeness (QED) is 0.762. The Balaban J connectivity index is 0.00000324. The molecule has 1 aliphatic rings. The van der Waals surface area contributed by atoms with E-state index in [0.717, 1.165) is 25.4 Å². The van der Waals surface area contributed by atoms with Crippen molar-refractivity contribution in [2.24, 2.45) is 5.92 Å². The Labute approximate surface area is 124 Å². The molecule has 1 unspecified atom stereocenters. The number of aliphatic hydroxyl groups excluding tert-OH is 1. The maximum atomic E-state index is 9.99. The van der Waals surface area contributed by atoms with Crippen molar-refractivity contribution < 1.29 is 9.84 Å². The molecule has 3 nitrogen and oxygen atoms in total. The Morgan fingerprint density at radius 1 is 1.47 bits per heavy atom. The van der Waals surface area contributed by atoms with E-state index in [0.29, 0.717) is 13.2 Å². The minimum Gasteiger partial charge on any atom is -0.389 e. The molecular weight excluding hydrogens is 262 g/mol. The highest BCUT2D eigenvalue weighted by Crippen LogP contribution is 2.17. The van der Waals surface area contributed by atoms with Crippen molar-refractivity contribution in [2.45, 2.75) is 51.7 Å². The number of β-amino-alcohol motifs (C(OH)–C–C–N with tert-alkyl or cyclic N) is 1. The third-order valence-corrected chi connectivity index (χ3v) is 3.92. The normalized spacial score (nSPS) is 22.1. The van der Waals surface area contributed by atoms with E-state index in [2.05, 4.69) is 17.7 Å². The van der Waals surface area contributed by atoms with E-state index in [1.807, 2.05) is 13.8 Å². The number of rotatable bonds is 6. The van der Waals surface area contributed by atoms with Crippen molar-refractivity contribution in [1.29, 1.82) is 0 Å². The lowest BCUT2D eigenvalue weighted by Crippen LogP contribution is -2.41. The summed E-state index contributed by atoms with van der Waals surface area (Å²) in [4.78, 5) is 2.31. The third-order valence-electron chi connectivity index (χ3n) is 3.92. The summed E-state index contributed by atoms with van der Waals surface area (Å²) in [6.07, 6.45) is 8.20. The van der Waals surface area contributed by atoms with Gasteiger partial charge in [0.25, 0.3) is 0 Å². The lowest BCUT2D eigenvalue weighted by atomic mass is 9.99. The summed E-state index contributed by atoms with van der Waals surface area (Å²) < 4.78 is 5.64. The van der Waals surface area contributed by atoms with E-state index in [4.69, 9.17) is 11.2 Å². The van der Waals surface area contributed by atoms with Crippen LogP contribution in [0.2, 0.25) is 0 Å². The van der Waals surface area contributed by atoms with Gasteiger partial charge in [-0.1, -0.05) is 19.8 Å². The molecular formula is C15H28ClNO2. The van der Waals surface area contributed by atoms with Crippen molar-refractivity contribution in [1.82, 2.24) is 4.90 Å². The van der Waals surface area contributed by atoms with E-state index in [-0.39, 0.29) is 12.4 Å². The van der Waals surface area contributed by atoms with Crippen LogP contribution in [0.25, 0.3) is 0 Å². The van der Waals surface area contributed by atoms with Crippen molar-refractivity contribution >= 4 is 12.4 Å². The highest BCUT2D eigenvalue weighted by Gasteiger charge is 2.23. The monoisotopic (exact) mass is 289 g/mol. The van der Waals surface area contributed by atoms with E-state index < -0.39 is 11.7 Å². The zero-order valence-electron chi connectivity index (χ0n) is 12.4. The van der Waals surface area contributed by atoms with Gasteiger partial charge < -0.3 is 14.7 Å². The minimum absolute atomic E-state index is 0. The Kier molecular flexibility index (Phi) is 8.69. The van der Waals surface area contributed by atoms with Gasteiger partial charge in [0.15, 0.2) is 0 Å². The Bertz CT molecular complexity index is 284. The fraction of sp³-hybridized carbons (Fsp3) is 0.867. The molecule has 0 aliphatic carbocycles. The summed E-state index contributed by atoms with van der Waals surface area (Å²) in [6, 6.07) is 0. The molecule has 1 N–H and O–H groups in total. The standard InChI is InChI=1S/C15H27NO2.ClH/c1-5-15(4,6-2)18-12-14(17)11-16-9-7-13(3)8-10-16;/h1,13-14,17H,6-12H2,2-4H3;1H/t14?,15-;/m0./s1. The molecule has 0 aromatic carbocycles. The Morgan fingerprint density at radius 2 is 2.05 bits per heavy atom. The molecule has 1 aliphatic heterocycles. The van der Waals surface area contributed by atoms with E-state index in [9.17, 15) is 5.11 Å².